The number of rotatable bonds is 2. The van der Waals surface area contributed by atoms with Crippen LogP contribution in [-0.2, 0) is 0 Å². The van der Waals surface area contributed by atoms with E-state index >= 15 is 0 Å². The molecule has 2 heterocycles. The molecular weight excluding hydrogens is 210 g/mol. The lowest BCUT2D eigenvalue weighted by molar-refractivity contribution is 0.422. The summed E-state index contributed by atoms with van der Waals surface area (Å²) < 4.78 is 5.81. The summed E-state index contributed by atoms with van der Waals surface area (Å²) in [5, 5.41) is 3.95. The topological polar surface area (TPSA) is 54.7 Å². The Morgan fingerprint density at radius 3 is 3.07 bits per heavy atom. The zero-order valence-electron chi connectivity index (χ0n) is 7.93. The molecule has 0 aromatic carbocycles. The maximum Gasteiger partial charge on any atom is 0.260 e. The second-order valence-corrected chi connectivity index (χ2v) is 4.05. The highest BCUT2D eigenvalue weighted by molar-refractivity contribution is 7.71. The average molecular weight is 219 g/mol. The van der Waals surface area contributed by atoms with Crippen LogP contribution in [0.1, 0.15) is 24.6 Å². The quantitative estimate of drug-likeness (QED) is 0.789. The molecule has 76 valence electrons. The smallest absolute Gasteiger partial charge is 0.260 e. The van der Waals surface area contributed by atoms with Crippen LogP contribution in [0.4, 0.5) is 0 Å². The highest BCUT2D eigenvalue weighted by Crippen LogP contribution is 2.38. The summed E-state index contributed by atoms with van der Waals surface area (Å²) in [6.45, 7) is 0. The number of nitrogens with zero attached hydrogens (tertiary/aromatic N) is 2. The molecule has 1 saturated carbocycles. The van der Waals surface area contributed by atoms with Gasteiger partial charge in [-0.2, -0.15) is 4.98 Å². The largest absolute Gasteiger partial charge is 0.352 e. The zero-order valence-corrected chi connectivity index (χ0v) is 8.75. The molecule has 0 radical (unpaired) electrons. The first-order valence-electron chi connectivity index (χ1n) is 4.86. The van der Waals surface area contributed by atoms with E-state index in [4.69, 9.17) is 16.7 Å². The molecule has 1 aliphatic rings. The molecular formula is C10H9N3OS. The SMILES string of the molecule is S=c1[nH]cccc1-c1nc(C2CC2)no1. The van der Waals surface area contributed by atoms with Crippen LogP contribution in [0.3, 0.4) is 0 Å². The Balaban J connectivity index is 2.05. The van der Waals surface area contributed by atoms with Gasteiger partial charge in [0.25, 0.3) is 5.89 Å². The summed E-state index contributed by atoms with van der Waals surface area (Å²) >= 11 is 5.14. The Labute approximate surface area is 91.3 Å². The Kier molecular flexibility index (Phi) is 1.92. The summed E-state index contributed by atoms with van der Waals surface area (Å²) in [5.41, 5.74) is 0.798. The Bertz CT molecular complexity index is 541. The van der Waals surface area contributed by atoms with Crippen LogP contribution in [0.25, 0.3) is 11.5 Å². The van der Waals surface area contributed by atoms with Crippen LogP contribution in [0.5, 0.6) is 0 Å². The first-order valence-corrected chi connectivity index (χ1v) is 5.27. The summed E-state index contributed by atoms with van der Waals surface area (Å²) in [6, 6.07) is 3.75. The van der Waals surface area contributed by atoms with Crippen molar-refractivity contribution in [2.24, 2.45) is 0 Å². The Morgan fingerprint density at radius 2 is 2.33 bits per heavy atom. The van der Waals surface area contributed by atoms with Gasteiger partial charge in [0.05, 0.1) is 5.56 Å². The summed E-state index contributed by atoms with van der Waals surface area (Å²) in [4.78, 5) is 7.28. The average Bonchev–Trinajstić information content (AvgIpc) is 2.99. The van der Waals surface area contributed by atoms with Crippen molar-refractivity contribution >= 4 is 12.2 Å². The van der Waals surface area contributed by atoms with Gasteiger partial charge in [0.15, 0.2) is 5.82 Å². The van der Waals surface area contributed by atoms with Crippen LogP contribution < -0.4 is 0 Å². The third-order valence-electron chi connectivity index (χ3n) is 2.43. The number of hydrogen-bond donors (Lipinski definition) is 1. The fourth-order valence-corrected chi connectivity index (χ4v) is 1.66. The summed E-state index contributed by atoms with van der Waals surface area (Å²) in [7, 11) is 0. The number of nitrogens with one attached hydrogen (secondary N) is 1. The molecule has 0 atom stereocenters. The number of aromatic nitrogens is 3. The van der Waals surface area contributed by atoms with Crippen molar-refractivity contribution < 1.29 is 4.52 Å². The van der Waals surface area contributed by atoms with Gasteiger partial charge >= 0.3 is 0 Å². The molecule has 5 heteroatoms. The summed E-state index contributed by atoms with van der Waals surface area (Å²) in [5.74, 6) is 1.82. The molecule has 1 aliphatic carbocycles. The third kappa shape index (κ3) is 1.59. The maximum absolute atomic E-state index is 5.19. The van der Waals surface area contributed by atoms with Crippen molar-refractivity contribution in [1.29, 1.82) is 0 Å². The van der Waals surface area contributed by atoms with Gasteiger partial charge in [-0.15, -0.1) is 0 Å². The van der Waals surface area contributed by atoms with Crippen LogP contribution in [0.2, 0.25) is 0 Å². The minimum Gasteiger partial charge on any atom is -0.352 e. The van der Waals surface area contributed by atoms with Crippen molar-refractivity contribution in [2.45, 2.75) is 18.8 Å². The second-order valence-electron chi connectivity index (χ2n) is 3.64. The predicted octanol–water partition coefficient (Wildman–Crippen LogP) is 2.67. The van der Waals surface area contributed by atoms with Crippen molar-refractivity contribution in [1.82, 2.24) is 15.1 Å². The molecule has 0 bridgehead atoms. The van der Waals surface area contributed by atoms with E-state index in [9.17, 15) is 0 Å². The van der Waals surface area contributed by atoms with E-state index in [-0.39, 0.29) is 0 Å². The van der Waals surface area contributed by atoms with Crippen LogP contribution in [0.15, 0.2) is 22.9 Å². The number of pyridine rings is 1. The molecule has 0 saturated heterocycles. The highest BCUT2D eigenvalue weighted by Gasteiger charge is 2.29. The second kappa shape index (κ2) is 3.27. The van der Waals surface area contributed by atoms with Crippen LogP contribution in [0, 0.1) is 4.64 Å². The van der Waals surface area contributed by atoms with Gasteiger partial charge in [-0.25, -0.2) is 0 Å². The van der Waals surface area contributed by atoms with Crippen molar-refractivity contribution in [3.05, 3.63) is 28.8 Å². The van der Waals surface area contributed by atoms with Gasteiger partial charge in [0, 0.05) is 12.1 Å². The van der Waals surface area contributed by atoms with E-state index in [1.54, 1.807) is 6.20 Å². The highest BCUT2D eigenvalue weighted by atomic mass is 32.1. The van der Waals surface area contributed by atoms with E-state index < -0.39 is 0 Å². The van der Waals surface area contributed by atoms with Crippen LogP contribution >= 0.6 is 12.2 Å². The summed E-state index contributed by atoms with van der Waals surface area (Å²) in [6.07, 6.45) is 4.12. The number of aromatic amines is 1. The predicted molar refractivity (Wildman–Crippen MR) is 56.9 cm³/mol. The van der Waals surface area contributed by atoms with Gasteiger partial charge in [-0.3, -0.25) is 0 Å². The van der Waals surface area contributed by atoms with Gasteiger partial charge in [-0.05, 0) is 25.0 Å². The van der Waals surface area contributed by atoms with E-state index in [0.717, 1.165) is 11.4 Å². The Morgan fingerprint density at radius 1 is 1.47 bits per heavy atom. The fourth-order valence-electron chi connectivity index (χ4n) is 1.44. The fraction of sp³-hybridized carbons (Fsp3) is 0.300. The number of H-pyrrole nitrogens is 1. The van der Waals surface area contributed by atoms with E-state index in [0.29, 0.717) is 16.4 Å². The minimum atomic E-state index is 0.503. The molecule has 0 amide bonds. The molecule has 2 aromatic heterocycles. The van der Waals surface area contributed by atoms with Crippen molar-refractivity contribution in [3.63, 3.8) is 0 Å². The lowest BCUT2D eigenvalue weighted by atomic mass is 10.3. The molecule has 2 aromatic rings. The molecule has 4 nitrogen and oxygen atoms in total. The van der Waals surface area contributed by atoms with Gasteiger partial charge in [-0.1, -0.05) is 17.4 Å². The zero-order chi connectivity index (χ0) is 10.3. The van der Waals surface area contributed by atoms with Crippen molar-refractivity contribution in [3.8, 4) is 11.5 Å². The van der Waals surface area contributed by atoms with E-state index in [1.807, 2.05) is 12.1 Å². The molecule has 0 spiro atoms. The van der Waals surface area contributed by atoms with Gasteiger partial charge in [0.2, 0.25) is 0 Å². The molecule has 0 unspecified atom stereocenters. The molecule has 3 rings (SSSR count). The normalized spacial score (nSPS) is 15.5. The van der Waals surface area contributed by atoms with Gasteiger partial charge in [0.1, 0.15) is 4.64 Å². The standard InChI is InChI=1S/C10H9N3OS/c15-10-7(2-1-5-11-10)9-12-8(13-14-9)6-3-4-6/h1-2,5-6H,3-4H2,(H,11,15). The lowest BCUT2D eigenvalue weighted by Gasteiger charge is -1.92. The molecule has 1 fully saturated rings. The monoisotopic (exact) mass is 219 g/mol. The minimum absolute atomic E-state index is 0.503. The number of hydrogen-bond acceptors (Lipinski definition) is 4. The third-order valence-corrected chi connectivity index (χ3v) is 2.77. The van der Waals surface area contributed by atoms with E-state index in [2.05, 4.69) is 15.1 Å². The van der Waals surface area contributed by atoms with Crippen LogP contribution in [-0.4, -0.2) is 15.1 Å². The lowest BCUT2D eigenvalue weighted by Crippen LogP contribution is -1.84. The first kappa shape index (κ1) is 8.79. The van der Waals surface area contributed by atoms with Crippen molar-refractivity contribution in [2.75, 3.05) is 0 Å². The molecule has 0 aliphatic heterocycles. The molecule has 15 heavy (non-hydrogen) atoms. The van der Waals surface area contributed by atoms with Gasteiger partial charge < -0.3 is 9.51 Å². The van der Waals surface area contributed by atoms with E-state index in [1.165, 1.54) is 12.8 Å². The molecule has 1 N–H and O–H groups in total. The first-order chi connectivity index (χ1) is 7.34. The Hall–Kier alpha value is -1.49. The maximum atomic E-state index is 5.19.